The molecular formula is C22H23NO4. The Morgan fingerprint density at radius 2 is 1.78 bits per heavy atom. The molecule has 2 aromatic rings. The number of ether oxygens (including phenoxy) is 1. The normalized spacial score (nSPS) is 18.6. The molecule has 2 aromatic carbocycles. The third-order valence-corrected chi connectivity index (χ3v) is 4.89. The van der Waals surface area contributed by atoms with Crippen molar-refractivity contribution in [2.45, 2.75) is 45.6 Å². The van der Waals surface area contributed by atoms with E-state index in [0.29, 0.717) is 29.2 Å². The van der Waals surface area contributed by atoms with Crippen molar-refractivity contribution in [3.05, 3.63) is 64.7 Å². The van der Waals surface area contributed by atoms with Gasteiger partial charge in [-0.15, -0.1) is 0 Å². The van der Waals surface area contributed by atoms with Crippen LogP contribution in [0.4, 0.5) is 5.69 Å². The number of carbonyl (C=O) groups is 3. The van der Waals surface area contributed by atoms with E-state index in [1.165, 1.54) is 6.92 Å². The van der Waals surface area contributed by atoms with Crippen LogP contribution >= 0.6 is 0 Å². The summed E-state index contributed by atoms with van der Waals surface area (Å²) in [6.45, 7) is 7.27. The summed E-state index contributed by atoms with van der Waals surface area (Å²) in [4.78, 5) is 36.6. The molecule has 0 aliphatic carbocycles. The minimum absolute atomic E-state index is 0.0430. The number of esters is 1. The second-order valence-electron chi connectivity index (χ2n) is 7.46. The molecule has 27 heavy (non-hydrogen) atoms. The molecule has 0 fully saturated rings. The molecule has 0 bridgehead atoms. The van der Waals surface area contributed by atoms with E-state index in [1.807, 2.05) is 12.1 Å². The molecule has 0 spiro atoms. The predicted octanol–water partition coefficient (Wildman–Crippen LogP) is 4.12. The second kappa shape index (κ2) is 6.99. The molecule has 1 amide bonds. The molecule has 0 radical (unpaired) electrons. The summed E-state index contributed by atoms with van der Waals surface area (Å²) in [6.07, 6.45) is 0.312. The Morgan fingerprint density at radius 1 is 1.11 bits per heavy atom. The van der Waals surface area contributed by atoms with E-state index >= 15 is 0 Å². The summed E-state index contributed by atoms with van der Waals surface area (Å²) in [5.41, 5.74) is 2.27. The Morgan fingerprint density at radius 3 is 2.37 bits per heavy atom. The number of rotatable bonds is 4. The maximum atomic E-state index is 12.8. The van der Waals surface area contributed by atoms with Gasteiger partial charge in [-0.3, -0.25) is 9.59 Å². The number of carbonyl (C=O) groups excluding carboxylic acids is 3. The van der Waals surface area contributed by atoms with Gasteiger partial charge in [-0.05, 0) is 61.2 Å². The highest BCUT2D eigenvalue weighted by molar-refractivity contribution is 6.03. The lowest BCUT2D eigenvalue weighted by molar-refractivity contribution is -0.134. The van der Waals surface area contributed by atoms with E-state index < -0.39 is 17.5 Å². The zero-order chi connectivity index (χ0) is 19.8. The average molecular weight is 365 g/mol. The molecule has 1 N–H and O–H groups in total. The van der Waals surface area contributed by atoms with E-state index in [1.54, 1.807) is 37.3 Å². The first kappa shape index (κ1) is 18.8. The van der Waals surface area contributed by atoms with Crippen molar-refractivity contribution >= 4 is 23.3 Å². The summed E-state index contributed by atoms with van der Waals surface area (Å²) >= 11 is 0. The van der Waals surface area contributed by atoms with Crippen molar-refractivity contribution in [3.8, 4) is 0 Å². The Kier molecular flexibility index (Phi) is 4.87. The van der Waals surface area contributed by atoms with Gasteiger partial charge in [0, 0.05) is 17.7 Å². The van der Waals surface area contributed by atoms with Crippen molar-refractivity contribution in [2.24, 2.45) is 0 Å². The van der Waals surface area contributed by atoms with E-state index in [9.17, 15) is 14.4 Å². The number of fused-ring (bicyclic) bond motifs is 1. The molecule has 1 aliphatic rings. The Labute approximate surface area is 158 Å². The van der Waals surface area contributed by atoms with Gasteiger partial charge < -0.3 is 10.1 Å². The quantitative estimate of drug-likeness (QED) is 0.653. The van der Waals surface area contributed by atoms with Gasteiger partial charge in [0.1, 0.15) is 0 Å². The average Bonchev–Trinajstić information content (AvgIpc) is 2.61. The Balaban J connectivity index is 1.83. The number of Topliss-reactive ketones (excluding diaryl/α,β-unsaturated/α-hetero) is 1. The number of anilines is 1. The maximum Gasteiger partial charge on any atom is 0.339 e. The fraction of sp³-hybridized carbons (Fsp3) is 0.318. The monoisotopic (exact) mass is 365 g/mol. The summed E-state index contributed by atoms with van der Waals surface area (Å²) in [5, 5.41) is 2.78. The van der Waals surface area contributed by atoms with Crippen LogP contribution in [0.15, 0.2) is 42.5 Å². The van der Waals surface area contributed by atoms with Crippen molar-refractivity contribution in [1.82, 2.24) is 0 Å². The highest BCUT2D eigenvalue weighted by Gasteiger charge is 2.42. The molecular weight excluding hydrogens is 342 g/mol. The van der Waals surface area contributed by atoms with E-state index in [-0.39, 0.29) is 5.78 Å². The molecule has 0 saturated carbocycles. The molecule has 0 aromatic heterocycles. The van der Waals surface area contributed by atoms with E-state index in [2.05, 4.69) is 19.2 Å². The van der Waals surface area contributed by atoms with Crippen LogP contribution in [0.5, 0.6) is 0 Å². The number of amides is 1. The first-order chi connectivity index (χ1) is 12.7. The fourth-order valence-corrected chi connectivity index (χ4v) is 3.16. The number of cyclic esters (lactones) is 1. The molecule has 1 unspecified atom stereocenters. The number of hydrogen-bond donors (Lipinski definition) is 1. The zero-order valence-corrected chi connectivity index (χ0v) is 16.0. The van der Waals surface area contributed by atoms with Crippen LogP contribution in [0, 0.1) is 0 Å². The first-order valence-electron chi connectivity index (χ1n) is 8.98. The van der Waals surface area contributed by atoms with Crippen molar-refractivity contribution in [2.75, 3.05) is 5.32 Å². The molecule has 0 saturated heterocycles. The van der Waals surface area contributed by atoms with Crippen LogP contribution in [0.25, 0.3) is 0 Å². The molecule has 5 heteroatoms. The van der Waals surface area contributed by atoms with Crippen LogP contribution < -0.4 is 5.32 Å². The minimum Gasteiger partial charge on any atom is -0.445 e. The molecule has 1 atom stereocenters. The number of nitrogens with one attached hydrogen (secondary N) is 1. The van der Waals surface area contributed by atoms with Crippen molar-refractivity contribution in [1.29, 1.82) is 0 Å². The molecule has 1 aliphatic heterocycles. The minimum atomic E-state index is -1.29. The third kappa shape index (κ3) is 3.77. The zero-order valence-electron chi connectivity index (χ0n) is 16.0. The fourth-order valence-electron chi connectivity index (χ4n) is 3.16. The lowest BCUT2D eigenvalue weighted by Crippen LogP contribution is -2.49. The van der Waals surface area contributed by atoms with Gasteiger partial charge in [-0.1, -0.05) is 26.0 Å². The van der Waals surface area contributed by atoms with Crippen LogP contribution in [0.2, 0.25) is 0 Å². The highest BCUT2D eigenvalue weighted by atomic mass is 16.6. The first-order valence-corrected chi connectivity index (χ1v) is 8.98. The van der Waals surface area contributed by atoms with Crippen LogP contribution in [-0.2, 0) is 16.0 Å². The molecule has 140 valence electrons. The second-order valence-corrected chi connectivity index (χ2v) is 7.46. The topological polar surface area (TPSA) is 72.5 Å². The van der Waals surface area contributed by atoms with Crippen molar-refractivity contribution in [3.63, 3.8) is 0 Å². The van der Waals surface area contributed by atoms with E-state index in [0.717, 1.165) is 11.1 Å². The van der Waals surface area contributed by atoms with Gasteiger partial charge in [0.15, 0.2) is 11.4 Å². The number of ketones is 1. The SMILES string of the molecule is CC(=O)c1ccc(NC(=O)C2(C)Cc3cc(C(C)C)ccc3C(=O)O2)cc1. The van der Waals surface area contributed by atoms with E-state index in [4.69, 9.17) is 4.74 Å². The van der Waals surface area contributed by atoms with Crippen LogP contribution in [0.3, 0.4) is 0 Å². The lowest BCUT2D eigenvalue weighted by atomic mass is 9.86. The van der Waals surface area contributed by atoms with Gasteiger partial charge in [-0.2, -0.15) is 0 Å². The summed E-state index contributed by atoms with van der Waals surface area (Å²) < 4.78 is 5.49. The Hall–Kier alpha value is -2.95. The largest absolute Gasteiger partial charge is 0.445 e. The predicted molar refractivity (Wildman–Crippen MR) is 103 cm³/mol. The smallest absolute Gasteiger partial charge is 0.339 e. The number of benzene rings is 2. The molecule has 1 heterocycles. The molecule has 5 nitrogen and oxygen atoms in total. The van der Waals surface area contributed by atoms with Crippen LogP contribution in [0.1, 0.15) is 65.5 Å². The standard InChI is InChI=1S/C22H23NO4/c1-13(2)16-7-10-19-17(11-16)12-22(4,27-20(19)25)21(26)23-18-8-5-15(6-9-18)14(3)24/h5-11,13H,12H2,1-4H3,(H,23,26). The summed E-state index contributed by atoms with van der Waals surface area (Å²) in [5.74, 6) is -0.602. The van der Waals surface area contributed by atoms with Crippen LogP contribution in [-0.4, -0.2) is 23.3 Å². The van der Waals surface area contributed by atoms with Gasteiger partial charge in [0.25, 0.3) is 5.91 Å². The number of hydrogen-bond acceptors (Lipinski definition) is 4. The van der Waals surface area contributed by atoms with Crippen molar-refractivity contribution < 1.29 is 19.1 Å². The lowest BCUT2D eigenvalue weighted by Gasteiger charge is -2.33. The van der Waals surface area contributed by atoms with Gasteiger partial charge in [0.2, 0.25) is 0 Å². The Bertz CT molecular complexity index is 914. The maximum absolute atomic E-state index is 12.8. The highest BCUT2D eigenvalue weighted by Crippen LogP contribution is 2.31. The van der Waals surface area contributed by atoms with Gasteiger partial charge in [-0.25, -0.2) is 4.79 Å². The van der Waals surface area contributed by atoms with Gasteiger partial charge in [0.05, 0.1) is 5.56 Å². The summed E-state index contributed by atoms with van der Waals surface area (Å²) in [7, 11) is 0. The third-order valence-electron chi connectivity index (χ3n) is 4.89. The summed E-state index contributed by atoms with van der Waals surface area (Å²) in [6, 6.07) is 12.3. The van der Waals surface area contributed by atoms with Gasteiger partial charge >= 0.3 is 5.97 Å². The molecule has 3 rings (SSSR count).